The highest BCUT2D eigenvalue weighted by Gasteiger charge is 2.17. The molecule has 0 bridgehead atoms. The van der Waals surface area contributed by atoms with Gasteiger partial charge in [-0.1, -0.05) is 36.4 Å². The third-order valence-corrected chi connectivity index (χ3v) is 4.08. The predicted octanol–water partition coefficient (Wildman–Crippen LogP) is 1.56. The lowest BCUT2D eigenvalue weighted by Crippen LogP contribution is -2.37. The van der Waals surface area contributed by atoms with E-state index in [9.17, 15) is 9.59 Å². The number of hydrogen-bond donors (Lipinski definition) is 1. The number of allylic oxidation sites excluding steroid dienone is 1. The van der Waals surface area contributed by atoms with Gasteiger partial charge in [0.05, 0.1) is 0 Å². The van der Waals surface area contributed by atoms with Crippen molar-refractivity contribution < 1.29 is 0 Å². The summed E-state index contributed by atoms with van der Waals surface area (Å²) in [4.78, 5) is 28.9. The minimum atomic E-state index is -0.413. The molecule has 8 nitrogen and oxygen atoms in total. The fraction of sp³-hybridized carbons (Fsp3) is 0.222. The molecule has 134 valence electrons. The molecule has 8 heteroatoms. The van der Waals surface area contributed by atoms with Gasteiger partial charge >= 0.3 is 5.69 Å². The average Bonchev–Trinajstić information content (AvgIpc) is 3.04. The van der Waals surface area contributed by atoms with Crippen LogP contribution in [0.4, 0.5) is 5.95 Å². The molecule has 0 fully saturated rings. The van der Waals surface area contributed by atoms with Crippen molar-refractivity contribution in [1.29, 1.82) is 0 Å². The predicted molar refractivity (Wildman–Crippen MR) is 103 cm³/mol. The van der Waals surface area contributed by atoms with Crippen molar-refractivity contribution in [2.24, 2.45) is 19.2 Å². The number of fused-ring (bicyclic) bond motifs is 1. The molecular weight excluding hydrogens is 332 g/mol. The molecule has 26 heavy (non-hydrogen) atoms. The summed E-state index contributed by atoms with van der Waals surface area (Å²) in [5, 5.41) is 4.12. The first-order valence-corrected chi connectivity index (χ1v) is 8.21. The van der Waals surface area contributed by atoms with Crippen LogP contribution in [-0.4, -0.2) is 24.9 Å². The first-order valence-electron chi connectivity index (χ1n) is 8.21. The second-order valence-electron chi connectivity index (χ2n) is 5.72. The molecule has 1 aromatic carbocycles. The SMILES string of the molecule is CCn1c(N/N=C\C=C\c2ccccc2)nc2c1c(=O)n(C)c(=O)n2C. The summed E-state index contributed by atoms with van der Waals surface area (Å²) in [6.45, 7) is 2.41. The number of imidazole rings is 1. The molecule has 0 radical (unpaired) electrons. The van der Waals surface area contributed by atoms with E-state index < -0.39 is 5.69 Å². The summed E-state index contributed by atoms with van der Waals surface area (Å²) >= 11 is 0. The maximum atomic E-state index is 12.4. The lowest BCUT2D eigenvalue weighted by Gasteiger charge is -2.05. The van der Waals surface area contributed by atoms with Gasteiger partial charge in [0.1, 0.15) is 0 Å². The molecule has 0 saturated heterocycles. The fourth-order valence-electron chi connectivity index (χ4n) is 2.70. The lowest BCUT2D eigenvalue weighted by molar-refractivity contribution is 0.700. The molecule has 0 aliphatic heterocycles. The topological polar surface area (TPSA) is 86.2 Å². The van der Waals surface area contributed by atoms with Crippen molar-refractivity contribution in [3.05, 3.63) is 62.8 Å². The van der Waals surface area contributed by atoms with Crippen LogP contribution in [0.2, 0.25) is 0 Å². The Hall–Kier alpha value is -3.42. The molecule has 2 aromatic heterocycles. The van der Waals surface area contributed by atoms with E-state index >= 15 is 0 Å². The number of aryl methyl sites for hydroxylation is 2. The Morgan fingerprint density at radius 2 is 1.88 bits per heavy atom. The van der Waals surface area contributed by atoms with E-state index in [2.05, 4.69) is 15.5 Å². The molecule has 0 aliphatic rings. The summed E-state index contributed by atoms with van der Waals surface area (Å²) in [5.41, 5.74) is 3.82. The summed E-state index contributed by atoms with van der Waals surface area (Å²) in [5.74, 6) is 0.408. The van der Waals surface area contributed by atoms with Gasteiger partial charge in [0, 0.05) is 26.9 Å². The Balaban J connectivity index is 1.91. The van der Waals surface area contributed by atoms with E-state index in [1.54, 1.807) is 23.9 Å². The molecule has 0 spiro atoms. The van der Waals surface area contributed by atoms with Crippen molar-refractivity contribution in [1.82, 2.24) is 18.7 Å². The van der Waals surface area contributed by atoms with Crippen molar-refractivity contribution >= 4 is 29.4 Å². The highest BCUT2D eigenvalue weighted by atomic mass is 16.2. The quantitative estimate of drug-likeness (QED) is 0.558. The lowest BCUT2D eigenvalue weighted by atomic mass is 10.2. The number of rotatable bonds is 5. The molecule has 3 aromatic rings. The minimum absolute atomic E-state index is 0.331. The van der Waals surface area contributed by atoms with Crippen molar-refractivity contribution in [3.8, 4) is 0 Å². The monoisotopic (exact) mass is 352 g/mol. The van der Waals surface area contributed by atoms with E-state index in [-0.39, 0.29) is 5.56 Å². The number of anilines is 1. The highest BCUT2D eigenvalue weighted by molar-refractivity contribution is 5.79. The second-order valence-corrected chi connectivity index (χ2v) is 5.72. The fourth-order valence-corrected chi connectivity index (χ4v) is 2.70. The molecule has 1 N–H and O–H groups in total. The third-order valence-electron chi connectivity index (χ3n) is 4.08. The highest BCUT2D eigenvalue weighted by Crippen LogP contribution is 2.15. The number of hydrazone groups is 1. The maximum Gasteiger partial charge on any atom is 0.332 e. The zero-order valence-electron chi connectivity index (χ0n) is 14.9. The number of aromatic nitrogens is 4. The number of nitrogens with one attached hydrogen (secondary N) is 1. The smallest absolute Gasteiger partial charge is 0.303 e. The van der Waals surface area contributed by atoms with Crippen LogP contribution in [0.15, 0.2) is 51.1 Å². The van der Waals surface area contributed by atoms with Crippen molar-refractivity contribution in [2.45, 2.75) is 13.5 Å². The van der Waals surface area contributed by atoms with Gasteiger partial charge in [0.15, 0.2) is 11.2 Å². The molecular formula is C18H20N6O2. The van der Waals surface area contributed by atoms with Gasteiger partial charge < -0.3 is 4.57 Å². The largest absolute Gasteiger partial charge is 0.332 e. The minimum Gasteiger partial charge on any atom is -0.303 e. The van der Waals surface area contributed by atoms with E-state index in [0.717, 1.165) is 10.1 Å². The van der Waals surface area contributed by atoms with Crippen LogP contribution in [0.3, 0.4) is 0 Å². The van der Waals surface area contributed by atoms with Crippen LogP contribution in [0.25, 0.3) is 17.2 Å². The van der Waals surface area contributed by atoms with E-state index in [4.69, 9.17) is 0 Å². The van der Waals surface area contributed by atoms with Crippen molar-refractivity contribution in [2.75, 3.05) is 5.43 Å². The maximum absolute atomic E-state index is 12.4. The van der Waals surface area contributed by atoms with Gasteiger partial charge in [-0.2, -0.15) is 10.1 Å². The van der Waals surface area contributed by atoms with Crippen LogP contribution >= 0.6 is 0 Å². The van der Waals surface area contributed by atoms with Crippen LogP contribution in [-0.2, 0) is 20.6 Å². The zero-order valence-corrected chi connectivity index (χ0v) is 14.9. The summed E-state index contributed by atoms with van der Waals surface area (Å²) in [6, 6.07) is 9.86. The molecule has 0 unspecified atom stereocenters. The van der Waals surface area contributed by atoms with Gasteiger partial charge in [0.25, 0.3) is 5.56 Å². The van der Waals surface area contributed by atoms with E-state index in [0.29, 0.717) is 23.7 Å². The van der Waals surface area contributed by atoms with Gasteiger partial charge in [-0.15, -0.1) is 0 Å². The van der Waals surface area contributed by atoms with Crippen LogP contribution in [0.5, 0.6) is 0 Å². The van der Waals surface area contributed by atoms with Gasteiger partial charge in [0.2, 0.25) is 5.95 Å². The molecule has 2 heterocycles. The van der Waals surface area contributed by atoms with Gasteiger partial charge in [-0.25, -0.2) is 10.2 Å². The first-order chi connectivity index (χ1) is 12.5. The molecule has 0 saturated carbocycles. The summed E-state index contributed by atoms with van der Waals surface area (Å²) < 4.78 is 4.13. The van der Waals surface area contributed by atoms with Crippen LogP contribution in [0, 0.1) is 0 Å². The van der Waals surface area contributed by atoms with E-state index in [1.807, 2.05) is 43.3 Å². The van der Waals surface area contributed by atoms with E-state index in [1.165, 1.54) is 11.6 Å². The zero-order chi connectivity index (χ0) is 18.7. The van der Waals surface area contributed by atoms with Crippen LogP contribution in [0.1, 0.15) is 12.5 Å². The first kappa shape index (κ1) is 17.4. The third kappa shape index (κ3) is 3.08. The summed E-state index contributed by atoms with van der Waals surface area (Å²) in [7, 11) is 3.05. The Morgan fingerprint density at radius 3 is 2.58 bits per heavy atom. The number of benzene rings is 1. The van der Waals surface area contributed by atoms with Gasteiger partial charge in [-0.3, -0.25) is 13.9 Å². The molecule has 3 rings (SSSR count). The Kier molecular flexibility index (Phi) is 4.83. The standard InChI is InChI=1S/C18H20N6O2/c1-4-24-14-15(22(2)18(26)23(3)16(14)25)20-17(24)21-19-12-8-11-13-9-6-5-7-10-13/h5-12H,4H2,1-3H3,(H,20,21)/b11-8+,19-12-. The molecule has 0 atom stereocenters. The number of hydrogen-bond acceptors (Lipinski definition) is 5. The van der Waals surface area contributed by atoms with Crippen molar-refractivity contribution in [3.63, 3.8) is 0 Å². The van der Waals surface area contributed by atoms with Gasteiger partial charge in [-0.05, 0) is 18.6 Å². The normalized spacial score (nSPS) is 11.8. The Labute approximate surface area is 149 Å². The summed E-state index contributed by atoms with van der Waals surface area (Å²) in [6.07, 6.45) is 5.33. The molecule has 0 amide bonds. The van der Waals surface area contributed by atoms with Crippen LogP contribution < -0.4 is 16.7 Å². The average molecular weight is 352 g/mol. The number of nitrogens with zero attached hydrogens (tertiary/aromatic N) is 5. The molecule has 0 aliphatic carbocycles. The Bertz CT molecular complexity index is 1100. The Morgan fingerprint density at radius 1 is 1.15 bits per heavy atom. The second kappa shape index (κ2) is 7.22.